The number of aryl methyl sites for hydroxylation is 1. The summed E-state index contributed by atoms with van der Waals surface area (Å²) < 4.78 is 2.46. The number of thioether (sulfide) groups is 1. The lowest BCUT2D eigenvalue weighted by atomic mass is 10.1. The highest BCUT2D eigenvalue weighted by atomic mass is 32.2. The molecule has 1 nitrogen and oxygen atoms in total. The van der Waals surface area contributed by atoms with Gasteiger partial charge < -0.3 is 5.11 Å². The Balaban J connectivity index is 2.75. The van der Waals surface area contributed by atoms with Crippen molar-refractivity contribution in [2.24, 2.45) is 0 Å². The summed E-state index contributed by atoms with van der Waals surface area (Å²) in [4.78, 5) is 0. The zero-order valence-electron chi connectivity index (χ0n) is 7.50. The third-order valence-corrected chi connectivity index (χ3v) is 4.15. The monoisotopic (exact) mass is 210 g/mol. The average Bonchev–Trinajstić information content (AvgIpc) is 2.47. The highest BCUT2D eigenvalue weighted by Gasteiger charge is 2.04. The second-order valence-electron chi connectivity index (χ2n) is 2.94. The smallest absolute Gasteiger partial charge is 0.117 e. The number of fused-ring (bicyclic) bond motifs is 1. The van der Waals surface area contributed by atoms with Crippen LogP contribution in [0.5, 0.6) is 5.75 Å². The molecule has 0 radical (unpaired) electrons. The van der Waals surface area contributed by atoms with Crippen molar-refractivity contribution in [2.45, 2.75) is 11.1 Å². The van der Waals surface area contributed by atoms with E-state index in [0.717, 1.165) is 5.56 Å². The fraction of sp³-hybridized carbons (Fsp3) is 0.200. The molecule has 2 aromatic rings. The van der Waals surface area contributed by atoms with Crippen molar-refractivity contribution >= 4 is 33.2 Å². The number of hydrogen-bond acceptors (Lipinski definition) is 3. The number of hydrogen-bond donors (Lipinski definition) is 1. The molecule has 1 aromatic carbocycles. The molecule has 0 unspecified atom stereocenters. The molecule has 0 spiro atoms. The summed E-state index contributed by atoms with van der Waals surface area (Å²) in [5.41, 5.74) is 1.14. The summed E-state index contributed by atoms with van der Waals surface area (Å²) in [6.07, 6.45) is 2.07. The van der Waals surface area contributed by atoms with Gasteiger partial charge in [0.15, 0.2) is 0 Å². The lowest BCUT2D eigenvalue weighted by Crippen LogP contribution is -1.71. The summed E-state index contributed by atoms with van der Waals surface area (Å²) in [7, 11) is 0. The molecule has 13 heavy (non-hydrogen) atoms. The van der Waals surface area contributed by atoms with E-state index < -0.39 is 0 Å². The van der Waals surface area contributed by atoms with Crippen LogP contribution in [0.2, 0.25) is 0 Å². The van der Waals surface area contributed by atoms with Gasteiger partial charge in [0.1, 0.15) is 5.75 Å². The highest BCUT2D eigenvalue weighted by molar-refractivity contribution is 8.00. The van der Waals surface area contributed by atoms with Gasteiger partial charge >= 0.3 is 0 Å². The van der Waals surface area contributed by atoms with Gasteiger partial charge in [-0.3, -0.25) is 0 Å². The van der Waals surface area contributed by atoms with Gasteiger partial charge in [-0.1, -0.05) is 0 Å². The lowest BCUT2D eigenvalue weighted by Gasteiger charge is -1.96. The van der Waals surface area contributed by atoms with Gasteiger partial charge in [0.05, 0.1) is 4.21 Å². The maximum Gasteiger partial charge on any atom is 0.117 e. The molecule has 3 heteroatoms. The van der Waals surface area contributed by atoms with Crippen molar-refractivity contribution in [2.75, 3.05) is 6.26 Å². The molecule has 1 heterocycles. The standard InChI is InChI=1S/C10H10OS2/c1-6-3-7(11)4-9-8(6)5-10(12-2)13-9/h3-5,11H,1-2H3. The van der Waals surface area contributed by atoms with E-state index in [4.69, 9.17) is 0 Å². The van der Waals surface area contributed by atoms with Gasteiger partial charge in [-0.15, -0.1) is 23.1 Å². The van der Waals surface area contributed by atoms with Crippen LogP contribution < -0.4 is 0 Å². The van der Waals surface area contributed by atoms with E-state index in [1.807, 2.05) is 13.0 Å². The summed E-state index contributed by atoms with van der Waals surface area (Å²) in [6, 6.07) is 5.81. The van der Waals surface area contributed by atoms with Crippen LogP contribution in [0.4, 0.5) is 0 Å². The van der Waals surface area contributed by atoms with Gasteiger partial charge in [0, 0.05) is 4.70 Å². The van der Waals surface area contributed by atoms with E-state index in [9.17, 15) is 5.11 Å². The van der Waals surface area contributed by atoms with Crippen LogP contribution in [0.1, 0.15) is 5.56 Å². The van der Waals surface area contributed by atoms with Crippen molar-refractivity contribution in [3.05, 3.63) is 23.8 Å². The van der Waals surface area contributed by atoms with Crippen molar-refractivity contribution in [3.63, 3.8) is 0 Å². The molecule has 0 saturated carbocycles. The van der Waals surface area contributed by atoms with E-state index in [2.05, 4.69) is 12.3 Å². The first-order valence-corrected chi connectivity index (χ1v) is 6.02. The molecular formula is C10H10OS2. The molecule has 0 bridgehead atoms. The molecule has 1 aromatic heterocycles. The minimum absolute atomic E-state index is 0.361. The summed E-state index contributed by atoms with van der Waals surface area (Å²) in [5, 5.41) is 10.6. The van der Waals surface area contributed by atoms with Gasteiger partial charge in [-0.2, -0.15) is 0 Å². The SMILES string of the molecule is CSc1cc2c(C)cc(O)cc2s1. The molecule has 0 aliphatic rings. The Labute approximate surface area is 85.4 Å². The zero-order chi connectivity index (χ0) is 9.42. The first-order chi connectivity index (χ1) is 6.20. The normalized spacial score (nSPS) is 10.9. The fourth-order valence-electron chi connectivity index (χ4n) is 1.37. The molecule has 2 rings (SSSR count). The van der Waals surface area contributed by atoms with Crippen LogP contribution in [0.25, 0.3) is 10.1 Å². The Morgan fingerprint density at radius 3 is 2.77 bits per heavy atom. The van der Waals surface area contributed by atoms with E-state index in [0.29, 0.717) is 5.75 Å². The predicted molar refractivity (Wildman–Crippen MR) is 60.0 cm³/mol. The number of phenols is 1. The maximum atomic E-state index is 9.39. The molecule has 68 valence electrons. The molecule has 1 N–H and O–H groups in total. The number of phenolic OH excluding ortho intramolecular Hbond substituents is 1. The number of rotatable bonds is 1. The second-order valence-corrected chi connectivity index (χ2v) is 5.13. The van der Waals surface area contributed by atoms with E-state index in [-0.39, 0.29) is 0 Å². The van der Waals surface area contributed by atoms with Crippen molar-refractivity contribution in [3.8, 4) is 5.75 Å². The van der Waals surface area contributed by atoms with Crippen molar-refractivity contribution < 1.29 is 5.11 Å². The average molecular weight is 210 g/mol. The van der Waals surface area contributed by atoms with Crippen molar-refractivity contribution in [1.82, 2.24) is 0 Å². The Morgan fingerprint density at radius 2 is 2.08 bits per heavy atom. The maximum absolute atomic E-state index is 9.39. The Kier molecular flexibility index (Phi) is 2.22. The molecule has 0 atom stereocenters. The van der Waals surface area contributed by atoms with E-state index in [1.54, 1.807) is 29.2 Å². The second kappa shape index (κ2) is 3.24. The van der Waals surface area contributed by atoms with Crippen LogP contribution in [-0.2, 0) is 0 Å². The summed E-state index contributed by atoms with van der Waals surface area (Å²) in [5.74, 6) is 0.361. The molecular weight excluding hydrogens is 200 g/mol. The quantitative estimate of drug-likeness (QED) is 0.725. The van der Waals surface area contributed by atoms with E-state index >= 15 is 0 Å². The predicted octanol–water partition coefficient (Wildman–Crippen LogP) is 3.64. The topological polar surface area (TPSA) is 20.2 Å². The van der Waals surface area contributed by atoms with Gasteiger partial charge in [0.25, 0.3) is 0 Å². The van der Waals surface area contributed by atoms with Crippen molar-refractivity contribution in [1.29, 1.82) is 0 Å². The lowest BCUT2D eigenvalue weighted by molar-refractivity contribution is 0.476. The van der Waals surface area contributed by atoms with Gasteiger partial charge in [-0.05, 0) is 42.3 Å². The molecule has 0 saturated heterocycles. The van der Waals surface area contributed by atoms with Gasteiger partial charge in [0.2, 0.25) is 0 Å². The minimum Gasteiger partial charge on any atom is -0.508 e. The van der Waals surface area contributed by atoms with Crippen LogP contribution in [0.15, 0.2) is 22.4 Å². The zero-order valence-corrected chi connectivity index (χ0v) is 9.13. The Morgan fingerprint density at radius 1 is 1.31 bits per heavy atom. The first-order valence-electron chi connectivity index (χ1n) is 3.98. The third kappa shape index (κ3) is 1.54. The fourth-order valence-corrected chi connectivity index (χ4v) is 3.11. The molecule has 0 aliphatic carbocycles. The largest absolute Gasteiger partial charge is 0.508 e. The third-order valence-electron chi connectivity index (χ3n) is 2.01. The molecule has 0 fully saturated rings. The molecule has 0 amide bonds. The Bertz CT molecular complexity index is 445. The van der Waals surface area contributed by atoms with Crippen LogP contribution in [-0.4, -0.2) is 11.4 Å². The number of aromatic hydroxyl groups is 1. The van der Waals surface area contributed by atoms with Crippen LogP contribution >= 0.6 is 23.1 Å². The van der Waals surface area contributed by atoms with Crippen LogP contribution in [0.3, 0.4) is 0 Å². The summed E-state index contributed by atoms with van der Waals surface area (Å²) >= 11 is 3.47. The number of benzene rings is 1. The number of thiophene rings is 1. The van der Waals surface area contributed by atoms with Gasteiger partial charge in [-0.25, -0.2) is 0 Å². The minimum atomic E-state index is 0.361. The highest BCUT2D eigenvalue weighted by Crippen LogP contribution is 2.35. The van der Waals surface area contributed by atoms with E-state index in [1.165, 1.54) is 14.3 Å². The first kappa shape index (κ1) is 8.91. The molecule has 0 aliphatic heterocycles. The van der Waals surface area contributed by atoms with Crippen LogP contribution in [0, 0.1) is 6.92 Å². The Hall–Kier alpha value is -0.670. The summed E-state index contributed by atoms with van der Waals surface area (Å²) in [6.45, 7) is 2.03.